The fourth-order valence-electron chi connectivity index (χ4n) is 2.36. The van der Waals surface area contributed by atoms with Gasteiger partial charge in [0.1, 0.15) is 11.5 Å². The fourth-order valence-corrected chi connectivity index (χ4v) is 2.53. The Labute approximate surface area is 139 Å². The first kappa shape index (κ1) is 14.6. The first-order chi connectivity index (χ1) is 11.6. The lowest BCUT2D eigenvalue weighted by atomic mass is 10.2. The van der Waals surface area contributed by atoms with Gasteiger partial charge in [-0.1, -0.05) is 11.6 Å². The van der Waals surface area contributed by atoms with Crippen molar-refractivity contribution in [2.75, 3.05) is 0 Å². The van der Waals surface area contributed by atoms with Gasteiger partial charge in [-0.25, -0.2) is 14.2 Å². The monoisotopic (exact) mass is 344 g/mol. The van der Waals surface area contributed by atoms with E-state index >= 15 is 0 Å². The average Bonchev–Trinajstić information content (AvgIpc) is 3.11. The quantitative estimate of drug-likeness (QED) is 0.573. The zero-order chi connectivity index (χ0) is 16.7. The molecule has 0 amide bonds. The van der Waals surface area contributed by atoms with Gasteiger partial charge < -0.3 is 8.82 Å². The summed E-state index contributed by atoms with van der Waals surface area (Å²) in [6.45, 7) is 0.156. The second kappa shape index (κ2) is 5.61. The maximum absolute atomic E-state index is 13.0. The summed E-state index contributed by atoms with van der Waals surface area (Å²) in [5.41, 5.74) is 1.87. The van der Waals surface area contributed by atoms with E-state index in [1.165, 1.54) is 28.9 Å². The molecule has 0 spiro atoms. The minimum Gasteiger partial charge on any atom is -0.388 e. The van der Waals surface area contributed by atoms with Crippen LogP contribution in [0.25, 0.3) is 17.1 Å². The molecule has 0 fully saturated rings. The molecule has 0 radical (unpaired) electrons. The van der Waals surface area contributed by atoms with Crippen LogP contribution in [0.3, 0.4) is 0 Å². The Morgan fingerprint density at radius 3 is 2.71 bits per heavy atom. The van der Waals surface area contributed by atoms with E-state index in [0.717, 1.165) is 0 Å². The lowest BCUT2D eigenvalue weighted by Crippen LogP contribution is -2.16. The Bertz CT molecular complexity index is 1080. The van der Waals surface area contributed by atoms with Gasteiger partial charge in [0.15, 0.2) is 0 Å². The third kappa shape index (κ3) is 2.69. The van der Waals surface area contributed by atoms with Crippen molar-refractivity contribution in [2.24, 2.45) is 0 Å². The van der Waals surface area contributed by atoms with E-state index in [4.69, 9.17) is 16.0 Å². The van der Waals surface area contributed by atoms with E-state index in [9.17, 15) is 9.18 Å². The molecule has 0 N–H and O–H groups in total. The van der Waals surface area contributed by atoms with E-state index in [-0.39, 0.29) is 18.3 Å². The summed E-state index contributed by atoms with van der Waals surface area (Å²) in [6.07, 6.45) is 3.49. The minimum atomic E-state index is -0.607. The number of benzene rings is 1. The highest BCUT2D eigenvalue weighted by atomic mass is 35.5. The van der Waals surface area contributed by atoms with Gasteiger partial charge in [-0.3, -0.25) is 0 Å². The van der Waals surface area contributed by atoms with Crippen LogP contribution >= 0.6 is 11.6 Å². The number of hydrogen-bond donors (Lipinski definition) is 0. The number of rotatable bonds is 3. The fraction of sp³-hybridized carbons (Fsp3) is 0.0625. The number of hydrogen-bond acceptors (Lipinski definition) is 4. The molecule has 1 aromatic carbocycles. The molecule has 6 nitrogen and oxygen atoms in total. The van der Waals surface area contributed by atoms with E-state index in [1.807, 2.05) is 0 Å². The normalized spacial score (nSPS) is 11.2. The summed E-state index contributed by atoms with van der Waals surface area (Å²) >= 11 is 5.94. The van der Waals surface area contributed by atoms with Gasteiger partial charge in [0.25, 0.3) is 0 Å². The van der Waals surface area contributed by atoms with Crippen LogP contribution in [0.5, 0.6) is 0 Å². The number of aromatic nitrogens is 4. The molecule has 4 aromatic rings. The summed E-state index contributed by atoms with van der Waals surface area (Å²) in [5, 5.41) is 4.72. The number of nitrogens with zero attached hydrogens (tertiary/aromatic N) is 4. The van der Waals surface area contributed by atoms with Crippen molar-refractivity contribution in [3.63, 3.8) is 0 Å². The topological polar surface area (TPSA) is 65.3 Å². The summed E-state index contributed by atoms with van der Waals surface area (Å²) in [6, 6.07) is 9.07. The predicted molar refractivity (Wildman–Crippen MR) is 85.5 cm³/mol. The van der Waals surface area contributed by atoms with Crippen molar-refractivity contribution in [1.29, 1.82) is 0 Å². The Morgan fingerprint density at radius 2 is 1.92 bits per heavy atom. The van der Waals surface area contributed by atoms with Crippen LogP contribution in [0, 0.1) is 5.82 Å². The van der Waals surface area contributed by atoms with Crippen molar-refractivity contribution < 1.29 is 8.81 Å². The highest BCUT2D eigenvalue weighted by molar-refractivity contribution is 6.30. The van der Waals surface area contributed by atoms with E-state index < -0.39 is 5.76 Å². The molecule has 0 saturated carbocycles. The second-order valence-electron chi connectivity index (χ2n) is 5.18. The summed E-state index contributed by atoms with van der Waals surface area (Å²) in [4.78, 5) is 16.4. The molecule has 0 saturated heterocycles. The SMILES string of the molecule is O=c1oc(-c2ccc(F)cc2)nn1Cc1cn2cc(Cl)ccc2n1. The van der Waals surface area contributed by atoms with E-state index in [2.05, 4.69) is 10.1 Å². The van der Waals surface area contributed by atoms with Crippen LogP contribution < -0.4 is 5.76 Å². The summed E-state index contributed by atoms with van der Waals surface area (Å²) < 4.78 is 21.0. The first-order valence-electron chi connectivity index (χ1n) is 7.05. The van der Waals surface area contributed by atoms with E-state index in [0.29, 0.717) is 21.9 Å². The molecular formula is C16H10ClFN4O2. The molecule has 3 aromatic heterocycles. The van der Waals surface area contributed by atoms with Gasteiger partial charge in [0.2, 0.25) is 5.89 Å². The van der Waals surface area contributed by atoms with Crippen molar-refractivity contribution in [2.45, 2.75) is 6.54 Å². The number of imidazole rings is 1. The van der Waals surface area contributed by atoms with Gasteiger partial charge in [0, 0.05) is 18.0 Å². The Kier molecular flexibility index (Phi) is 3.42. The van der Waals surface area contributed by atoms with Crippen LogP contribution in [0.1, 0.15) is 5.69 Å². The van der Waals surface area contributed by atoms with E-state index in [1.54, 1.807) is 28.9 Å². The van der Waals surface area contributed by atoms with Crippen LogP contribution in [-0.4, -0.2) is 19.2 Å². The Morgan fingerprint density at radius 1 is 1.12 bits per heavy atom. The van der Waals surface area contributed by atoms with Crippen molar-refractivity contribution in [3.8, 4) is 11.5 Å². The lowest BCUT2D eigenvalue weighted by Gasteiger charge is -1.94. The van der Waals surface area contributed by atoms with Gasteiger partial charge in [-0.15, -0.1) is 5.10 Å². The predicted octanol–water partition coefficient (Wildman–Crippen LogP) is 2.99. The van der Waals surface area contributed by atoms with Crippen LogP contribution in [-0.2, 0) is 6.54 Å². The first-order valence-corrected chi connectivity index (χ1v) is 7.43. The molecule has 3 heterocycles. The molecule has 0 aliphatic heterocycles. The largest absolute Gasteiger partial charge is 0.437 e. The molecule has 0 aliphatic rings. The Hall–Kier alpha value is -2.93. The van der Waals surface area contributed by atoms with Crippen LogP contribution in [0.2, 0.25) is 5.02 Å². The van der Waals surface area contributed by atoms with Gasteiger partial charge in [-0.05, 0) is 36.4 Å². The Balaban J connectivity index is 1.66. The maximum atomic E-state index is 13.0. The molecule has 0 bridgehead atoms. The van der Waals surface area contributed by atoms with Crippen molar-refractivity contribution in [3.05, 3.63) is 75.9 Å². The molecule has 0 atom stereocenters. The van der Waals surface area contributed by atoms with Crippen molar-refractivity contribution in [1.82, 2.24) is 19.2 Å². The third-order valence-electron chi connectivity index (χ3n) is 3.47. The summed E-state index contributed by atoms with van der Waals surface area (Å²) in [5.74, 6) is -0.847. The maximum Gasteiger partial charge on any atom is 0.437 e. The molecule has 4 rings (SSSR count). The van der Waals surface area contributed by atoms with Crippen molar-refractivity contribution >= 4 is 17.2 Å². The molecule has 0 aliphatic carbocycles. The minimum absolute atomic E-state index is 0.131. The zero-order valence-corrected chi connectivity index (χ0v) is 12.9. The number of halogens is 2. The highest BCUT2D eigenvalue weighted by Gasteiger charge is 2.12. The molecule has 8 heteroatoms. The van der Waals surface area contributed by atoms with Crippen LogP contribution in [0.4, 0.5) is 4.39 Å². The molecule has 0 unspecified atom stereocenters. The van der Waals surface area contributed by atoms with Crippen LogP contribution in [0.15, 0.2) is 58.0 Å². The van der Waals surface area contributed by atoms with Gasteiger partial charge in [0.05, 0.1) is 17.3 Å². The standard InChI is InChI=1S/C16H10ClFN4O2/c17-11-3-6-14-19-13(8-21(14)7-11)9-22-16(23)24-15(20-22)10-1-4-12(18)5-2-10/h1-8H,9H2. The number of fused-ring (bicyclic) bond motifs is 1. The lowest BCUT2D eigenvalue weighted by molar-refractivity contribution is 0.493. The third-order valence-corrected chi connectivity index (χ3v) is 3.70. The zero-order valence-electron chi connectivity index (χ0n) is 12.2. The number of pyridine rings is 1. The molecular weight excluding hydrogens is 335 g/mol. The smallest absolute Gasteiger partial charge is 0.388 e. The molecule has 120 valence electrons. The second-order valence-corrected chi connectivity index (χ2v) is 5.62. The highest BCUT2D eigenvalue weighted by Crippen LogP contribution is 2.16. The molecule has 24 heavy (non-hydrogen) atoms. The van der Waals surface area contributed by atoms with Gasteiger partial charge >= 0.3 is 5.76 Å². The average molecular weight is 345 g/mol. The van der Waals surface area contributed by atoms with Gasteiger partial charge in [-0.2, -0.15) is 4.68 Å². The summed E-state index contributed by atoms with van der Waals surface area (Å²) in [7, 11) is 0.